The van der Waals surface area contributed by atoms with Crippen LogP contribution >= 0.6 is 15.9 Å². The first-order valence-electron chi connectivity index (χ1n) is 3.90. The Bertz CT molecular complexity index is 404. The number of halogens is 1. The maximum absolute atomic E-state index is 5.33. The van der Waals surface area contributed by atoms with E-state index in [1.807, 2.05) is 0 Å². The topological polar surface area (TPSA) is 47.9 Å². The zero-order valence-corrected chi connectivity index (χ0v) is 8.68. The van der Waals surface area contributed by atoms with Gasteiger partial charge in [-0.1, -0.05) is 0 Å². The van der Waals surface area contributed by atoms with Crippen LogP contribution in [0.5, 0.6) is 11.8 Å². The van der Waals surface area contributed by atoms with E-state index in [2.05, 4.69) is 30.9 Å². The van der Waals surface area contributed by atoms with Crippen LogP contribution in [-0.4, -0.2) is 15.0 Å². The van der Waals surface area contributed by atoms with E-state index in [9.17, 15) is 0 Å². The van der Waals surface area contributed by atoms with Gasteiger partial charge in [0.05, 0.1) is 10.7 Å². The van der Waals surface area contributed by atoms with Crippen LogP contribution in [0.25, 0.3) is 0 Å². The van der Waals surface area contributed by atoms with Crippen molar-refractivity contribution in [2.24, 2.45) is 0 Å². The minimum absolute atomic E-state index is 0.307. The van der Waals surface area contributed by atoms with E-state index in [0.29, 0.717) is 11.8 Å². The lowest BCUT2D eigenvalue weighted by Gasteiger charge is -2.01. The third-order valence-corrected chi connectivity index (χ3v) is 1.85. The molecule has 0 saturated heterocycles. The first kappa shape index (κ1) is 9.08. The van der Waals surface area contributed by atoms with Crippen LogP contribution in [0, 0.1) is 0 Å². The first-order valence-corrected chi connectivity index (χ1v) is 4.69. The summed E-state index contributed by atoms with van der Waals surface area (Å²) in [5.41, 5.74) is 0. The molecule has 0 N–H and O–H groups in total. The van der Waals surface area contributed by atoms with Gasteiger partial charge >= 0.3 is 6.01 Å². The molecule has 5 heteroatoms. The van der Waals surface area contributed by atoms with Crippen molar-refractivity contribution >= 4 is 15.9 Å². The molecule has 70 valence electrons. The Morgan fingerprint density at radius 2 is 1.93 bits per heavy atom. The van der Waals surface area contributed by atoms with Crippen LogP contribution < -0.4 is 4.74 Å². The van der Waals surface area contributed by atoms with E-state index in [1.54, 1.807) is 36.9 Å². The van der Waals surface area contributed by atoms with Crippen molar-refractivity contribution in [3.05, 3.63) is 41.4 Å². The van der Waals surface area contributed by atoms with Gasteiger partial charge in [-0.05, 0) is 28.1 Å². The standard InChI is InChI=1S/C9H6BrN3O/c10-7-4-12-9(13-5-7)14-8-2-1-3-11-6-8/h1-6H. The smallest absolute Gasteiger partial charge is 0.321 e. The molecule has 0 bridgehead atoms. The fourth-order valence-corrected chi connectivity index (χ4v) is 1.07. The van der Waals surface area contributed by atoms with Gasteiger partial charge in [-0.25, -0.2) is 9.97 Å². The van der Waals surface area contributed by atoms with Gasteiger partial charge in [0.2, 0.25) is 0 Å². The molecule has 0 unspecified atom stereocenters. The number of hydrogen-bond donors (Lipinski definition) is 0. The molecule has 0 aliphatic heterocycles. The summed E-state index contributed by atoms with van der Waals surface area (Å²) in [7, 11) is 0. The van der Waals surface area contributed by atoms with Gasteiger partial charge in [0.15, 0.2) is 0 Å². The molecule has 2 aromatic rings. The highest BCUT2D eigenvalue weighted by atomic mass is 79.9. The molecule has 0 atom stereocenters. The van der Waals surface area contributed by atoms with E-state index in [4.69, 9.17) is 4.74 Å². The van der Waals surface area contributed by atoms with Crippen LogP contribution in [0.15, 0.2) is 41.4 Å². The molecule has 0 saturated carbocycles. The maximum atomic E-state index is 5.33. The number of aromatic nitrogens is 3. The average Bonchev–Trinajstić information content (AvgIpc) is 2.23. The molecule has 14 heavy (non-hydrogen) atoms. The fourth-order valence-electron chi connectivity index (χ4n) is 0.866. The third kappa shape index (κ3) is 2.26. The van der Waals surface area contributed by atoms with Crippen molar-refractivity contribution in [3.63, 3.8) is 0 Å². The predicted octanol–water partition coefficient (Wildman–Crippen LogP) is 2.43. The first-order chi connectivity index (χ1) is 6.84. The number of ether oxygens (including phenoxy) is 1. The molecular formula is C9H6BrN3O. The van der Waals surface area contributed by atoms with Crippen molar-refractivity contribution in [3.8, 4) is 11.8 Å². The molecular weight excluding hydrogens is 246 g/mol. The average molecular weight is 252 g/mol. The summed E-state index contributed by atoms with van der Waals surface area (Å²) < 4.78 is 6.14. The van der Waals surface area contributed by atoms with E-state index >= 15 is 0 Å². The quantitative estimate of drug-likeness (QED) is 0.823. The van der Waals surface area contributed by atoms with E-state index in [1.165, 1.54) is 0 Å². The zero-order chi connectivity index (χ0) is 9.80. The molecule has 0 radical (unpaired) electrons. The van der Waals surface area contributed by atoms with E-state index in [-0.39, 0.29) is 0 Å². The Morgan fingerprint density at radius 3 is 2.57 bits per heavy atom. The summed E-state index contributed by atoms with van der Waals surface area (Å²) in [5.74, 6) is 0.620. The van der Waals surface area contributed by atoms with Gasteiger partial charge in [0, 0.05) is 18.6 Å². The van der Waals surface area contributed by atoms with Crippen LogP contribution in [0.2, 0.25) is 0 Å². The second kappa shape index (κ2) is 4.15. The molecule has 0 aliphatic rings. The Morgan fingerprint density at radius 1 is 1.14 bits per heavy atom. The van der Waals surface area contributed by atoms with Gasteiger partial charge in [0.25, 0.3) is 0 Å². The molecule has 0 amide bonds. The Balaban J connectivity index is 2.16. The Hall–Kier alpha value is -1.49. The summed E-state index contributed by atoms with van der Waals surface area (Å²) in [5, 5.41) is 0. The van der Waals surface area contributed by atoms with E-state index < -0.39 is 0 Å². The molecule has 2 heterocycles. The van der Waals surface area contributed by atoms with Gasteiger partial charge in [0.1, 0.15) is 5.75 Å². The molecule has 4 nitrogen and oxygen atoms in total. The molecule has 2 aromatic heterocycles. The SMILES string of the molecule is Brc1cnc(Oc2cccnc2)nc1. The second-order valence-corrected chi connectivity index (χ2v) is 3.39. The summed E-state index contributed by atoms with van der Waals surface area (Å²) in [6.07, 6.45) is 6.53. The van der Waals surface area contributed by atoms with Gasteiger partial charge in [-0.2, -0.15) is 0 Å². The van der Waals surface area contributed by atoms with Crippen LogP contribution in [0.4, 0.5) is 0 Å². The molecule has 0 aromatic carbocycles. The van der Waals surface area contributed by atoms with Crippen molar-refractivity contribution in [1.29, 1.82) is 0 Å². The van der Waals surface area contributed by atoms with Crippen molar-refractivity contribution in [2.75, 3.05) is 0 Å². The summed E-state index contributed by atoms with van der Waals surface area (Å²) in [6, 6.07) is 3.88. The number of hydrogen-bond acceptors (Lipinski definition) is 4. The lowest BCUT2D eigenvalue weighted by atomic mass is 10.5. The minimum atomic E-state index is 0.307. The fraction of sp³-hybridized carbons (Fsp3) is 0. The van der Waals surface area contributed by atoms with Gasteiger partial charge in [-0.3, -0.25) is 4.98 Å². The summed E-state index contributed by atoms with van der Waals surface area (Å²) in [4.78, 5) is 11.8. The molecule has 2 rings (SSSR count). The Labute approximate surface area is 89.1 Å². The van der Waals surface area contributed by atoms with Crippen molar-refractivity contribution < 1.29 is 4.74 Å². The molecule has 0 spiro atoms. The van der Waals surface area contributed by atoms with E-state index in [0.717, 1.165) is 4.47 Å². The van der Waals surface area contributed by atoms with Gasteiger partial charge in [-0.15, -0.1) is 0 Å². The predicted molar refractivity (Wildman–Crippen MR) is 54.0 cm³/mol. The summed E-state index contributed by atoms with van der Waals surface area (Å²) >= 11 is 3.24. The molecule has 0 aliphatic carbocycles. The highest BCUT2D eigenvalue weighted by Gasteiger charge is 1.98. The third-order valence-electron chi connectivity index (χ3n) is 1.44. The Kier molecular flexibility index (Phi) is 2.69. The summed E-state index contributed by atoms with van der Waals surface area (Å²) in [6.45, 7) is 0. The van der Waals surface area contributed by atoms with Crippen molar-refractivity contribution in [2.45, 2.75) is 0 Å². The maximum Gasteiger partial charge on any atom is 0.321 e. The monoisotopic (exact) mass is 251 g/mol. The number of nitrogens with zero attached hydrogens (tertiary/aromatic N) is 3. The number of rotatable bonds is 2. The second-order valence-electron chi connectivity index (χ2n) is 2.47. The van der Waals surface area contributed by atoms with Crippen LogP contribution in [0.3, 0.4) is 0 Å². The normalized spacial score (nSPS) is 9.79. The minimum Gasteiger partial charge on any atom is -0.423 e. The highest BCUT2D eigenvalue weighted by molar-refractivity contribution is 9.10. The molecule has 0 fully saturated rings. The van der Waals surface area contributed by atoms with Gasteiger partial charge < -0.3 is 4.74 Å². The lowest BCUT2D eigenvalue weighted by molar-refractivity contribution is 0.439. The van der Waals surface area contributed by atoms with Crippen LogP contribution in [-0.2, 0) is 0 Å². The highest BCUT2D eigenvalue weighted by Crippen LogP contribution is 2.16. The lowest BCUT2D eigenvalue weighted by Crippen LogP contribution is -1.90. The van der Waals surface area contributed by atoms with Crippen LogP contribution in [0.1, 0.15) is 0 Å². The zero-order valence-electron chi connectivity index (χ0n) is 7.09. The number of pyridine rings is 1. The largest absolute Gasteiger partial charge is 0.423 e. The van der Waals surface area contributed by atoms with Crippen molar-refractivity contribution in [1.82, 2.24) is 15.0 Å².